The number of carbonyl (C=O) groups is 1. The van der Waals surface area contributed by atoms with E-state index in [0.29, 0.717) is 30.6 Å². The van der Waals surface area contributed by atoms with Crippen molar-refractivity contribution in [3.05, 3.63) is 95.6 Å². The Balaban J connectivity index is 1.10. The highest BCUT2D eigenvalue weighted by Gasteiger charge is 2.31. The number of piperazine rings is 1. The third-order valence-electron chi connectivity index (χ3n) is 7.51. The second-order valence-electron chi connectivity index (χ2n) is 9.94. The summed E-state index contributed by atoms with van der Waals surface area (Å²) in [4.78, 5) is 26.1. The van der Waals surface area contributed by atoms with Crippen LogP contribution in [0.1, 0.15) is 52.7 Å². The number of hydrogen-bond donors (Lipinski definition) is 1. The molecule has 2 fully saturated rings. The number of hydrogen-bond acceptors (Lipinski definition) is 5. The molecule has 1 N–H and O–H groups in total. The van der Waals surface area contributed by atoms with Gasteiger partial charge in [-0.1, -0.05) is 42.5 Å². The average molecular weight is 471 g/mol. The van der Waals surface area contributed by atoms with Crippen molar-refractivity contribution in [2.24, 2.45) is 11.8 Å². The summed E-state index contributed by atoms with van der Waals surface area (Å²) in [6.07, 6.45) is 7.46. The van der Waals surface area contributed by atoms with Gasteiger partial charge >= 0.3 is 0 Å². The van der Waals surface area contributed by atoms with Crippen molar-refractivity contribution >= 4 is 5.91 Å². The van der Waals surface area contributed by atoms with Crippen LogP contribution in [-0.4, -0.2) is 57.0 Å². The molecule has 1 aliphatic heterocycles. The van der Waals surface area contributed by atoms with E-state index in [4.69, 9.17) is 0 Å². The lowest BCUT2D eigenvalue weighted by atomic mass is 9.92. The van der Waals surface area contributed by atoms with Crippen LogP contribution in [0.15, 0.2) is 73.1 Å². The van der Waals surface area contributed by atoms with Crippen molar-refractivity contribution in [1.29, 1.82) is 0 Å². The molecule has 2 aliphatic rings. The average Bonchev–Trinajstić information content (AvgIpc) is 3.38. The van der Waals surface area contributed by atoms with Crippen molar-refractivity contribution in [3.63, 3.8) is 0 Å². The minimum atomic E-state index is -0.385. The van der Waals surface area contributed by atoms with Gasteiger partial charge in [0.1, 0.15) is 5.69 Å². The summed E-state index contributed by atoms with van der Waals surface area (Å²) >= 11 is 0. The second kappa shape index (κ2) is 11.1. The van der Waals surface area contributed by atoms with Crippen LogP contribution in [0.4, 0.5) is 0 Å². The Morgan fingerprint density at radius 3 is 2.46 bits per heavy atom. The second-order valence-corrected chi connectivity index (χ2v) is 9.94. The summed E-state index contributed by atoms with van der Waals surface area (Å²) in [6.45, 7) is 3.93. The fraction of sp³-hybridized carbons (Fsp3) is 0.414. The number of amides is 1. The molecule has 1 saturated heterocycles. The van der Waals surface area contributed by atoms with Gasteiger partial charge in [-0.05, 0) is 66.8 Å². The molecular weight excluding hydrogens is 436 g/mol. The number of aliphatic hydroxyl groups excluding tert-OH is 1. The zero-order valence-corrected chi connectivity index (χ0v) is 20.2. The molecular formula is C29H34N4O2. The van der Waals surface area contributed by atoms with Gasteiger partial charge in [0, 0.05) is 45.1 Å². The minimum Gasteiger partial charge on any atom is -0.388 e. The predicted molar refractivity (Wildman–Crippen MR) is 136 cm³/mol. The zero-order chi connectivity index (χ0) is 24.0. The smallest absolute Gasteiger partial charge is 0.272 e. The Bertz CT molecular complexity index is 1080. The van der Waals surface area contributed by atoms with Gasteiger partial charge in [0.2, 0.25) is 0 Å². The van der Waals surface area contributed by atoms with E-state index < -0.39 is 0 Å². The molecule has 0 radical (unpaired) electrons. The molecule has 0 spiro atoms. The van der Waals surface area contributed by atoms with Crippen LogP contribution in [0.5, 0.6) is 0 Å². The normalized spacial score (nSPS) is 21.7. The summed E-state index contributed by atoms with van der Waals surface area (Å²) in [7, 11) is 0. The lowest BCUT2D eigenvalue weighted by Gasteiger charge is -2.34. The van der Waals surface area contributed by atoms with Gasteiger partial charge in [-0.15, -0.1) is 0 Å². The lowest BCUT2D eigenvalue weighted by Crippen LogP contribution is -2.48. The van der Waals surface area contributed by atoms with E-state index in [2.05, 4.69) is 20.9 Å². The zero-order valence-electron chi connectivity index (χ0n) is 20.2. The Morgan fingerprint density at radius 1 is 0.943 bits per heavy atom. The SMILES string of the molecule is O=C(c1ccc(CC2CC[C@H]([C@H](O)c3ccccc3)C2)cn1)N1CCN(Cc2ccccn2)CC1. The van der Waals surface area contributed by atoms with Crippen LogP contribution in [0.25, 0.3) is 0 Å². The number of aliphatic hydroxyl groups is 1. The quantitative estimate of drug-likeness (QED) is 0.562. The fourth-order valence-corrected chi connectivity index (χ4v) is 5.51. The Labute approximate surface area is 207 Å². The topological polar surface area (TPSA) is 69.6 Å². The molecule has 3 atom stereocenters. The maximum atomic E-state index is 13.0. The summed E-state index contributed by atoms with van der Waals surface area (Å²) in [5.74, 6) is 0.877. The van der Waals surface area contributed by atoms with E-state index in [1.54, 1.807) is 0 Å². The molecule has 0 bridgehead atoms. The Kier molecular flexibility index (Phi) is 7.50. The minimum absolute atomic E-state index is 0.0148. The number of aromatic nitrogens is 2. The maximum absolute atomic E-state index is 13.0. The summed E-state index contributed by atoms with van der Waals surface area (Å²) in [5, 5.41) is 10.8. The summed E-state index contributed by atoms with van der Waals surface area (Å²) < 4.78 is 0. The van der Waals surface area contributed by atoms with E-state index in [1.807, 2.05) is 71.9 Å². The molecule has 6 heteroatoms. The first-order valence-corrected chi connectivity index (χ1v) is 12.7. The van der Waals surface area contributed by atoms with Crippen LogP contribution in [-0.2, 0) is 13.0 Å². The molecule has 5 rings (SSSR count). The third-order valence-corrected chi connectivity index (χ3v) is 7.51. The number of carbonyl (C=O) groups excluding carboxylic acids is 1. The van der Waals surface area contributed by atoms with Gasteiger partial charge in [0.05, 0.1) is 11.8 Å². The maximum Gasteiger partial charge on any atom is 0.272 e. The molecule has 1 saturated carbocycles. The first kappa shape index (κ1) is 23.6. The van der Waals surface area contributed by atoms with Gasteiger partial charge in [-0.2, -0.15) is 0 Å². The molecule has 1 aliphatic carbocycles. The van der Waals surface area contributed by atoms with Crippen LogP contribution < -0.4 is 0 Å². The van der Waals surface area contributed by atoms with E-state index in [-0.39, 0.29) is 12.0 Å². The number of benzene rings is 1. The monoisotopic (exact) mass is 470 g/mol. The van der Waals surface area contributed by atoms with Crippen molar-refractivity contribution in [2.45, 2.75) is 38.3 Å². The van der Waals surface area contributed by atoms with E-state index >= 15 is 0 Å². The van der Waals surface area contributed by atoms with Gasteiger partial charge in [0.25, 0.3) is 5.91 Å². The van der Waals surface area contributed by atoms with Gasteiger partial charge in [-0.25, -0.2) is 0 Å². The lowest BCUT2D eigenvalue weighted by molar-refractivity contribution is 0.0621. The van der Waals surface area contributed by atoms with Gasteiger partial charge in [0.15, 0.2) is 0 Å². The van der Waals surface area contributed by atoms with Crippen molar-refractivity contribution in [1.82, 2.24) is 19.8 Å². The molecule has 3 heterocycles. The Hall–Kier alpha value is -3.09. The first-order valence-electron chi connectivity index (χ1n) is 12.7. The van der Waals surface area contributed by atoms with Crippen LogP contribution in [0, 0.1) is 11.8 Å². The first-order chi connectivity index (χ1) is 17.2. The highest BCUT2D eigenvalue weighted by atomic mass is 16.3. The number of rotatable bonds is 7. The largest absolute Gasteiger partial charge is 0.388 e. The predicted octanol–water partition coefficient (Wildman–Crippen LogP) is 4.13. The highest BCUT2D eigenvalue weighted by molar-refractivity contribution is 5.92. The molecule has 1 aromatic carbocycles. The summed E-state index contributed by atoms with van der Waals surface area (Å²) in [6, 6.07) is 19.9. The van der Waals surface area contributed by atoms with E-state index in [1.165, 1.54) is 5.56 Å². The molecule has 2 aromatic heterocycles. The van der Waals surface area contributed by atoms with Gasteiger partial charge < -0.3 is 10.0 Å². The van der Waals surface area contributed by atoms with Crippen LogP contribution in [0.2, 0.25) is 0 Å². The fourth-order valence-electron chi connectivity index (χ4n) is 5.51. The van der Waals surface area contributed by atoms with Crippen molar-refractivity contribution in [2.75, 3.05) is 26.2 Å². The highest BCUT2D eigenvalue weighted by Crippen LogP contribution is 2.40. The molecule has 182 valence electrons. The van der Waals surface area contributed by atoms with Crippen molar-refractivity contribution < 1.29 is 9.90 Å². The van der Waals surface area contributed by atoms with Crippen LogP contribution in [0.3, 0.4) is 0 Å². The third kappa shape index (κ3) is 5.95. The Morgan fingerprint density at radius 2 is 1.74 bits per heavy atom. The molecule has 6 nitrogen and oxygen atoms in total. The molecule has 1 amide bonds. The molecule has 3 aromatic rings. The standard InChI is InChI=1S/C29H34N4O2/c34-28(24-6-2-1-3-7-24)25-11-9-22(19-25)18-23-10-12-27(31-20-23)29(35)33-16-14-32(15-17-33)21-26-8-4-5-13-30-26/h1-8,10,12-13,20,22,25,28,34H,9,11,14-19,21H2/t22?,25-,28+/m0/s1. The number of nitrogens with zero attached hydrogens (tertiary/aromatic N) is 4. The molecule has 1 unspecified atom stereocenters. The summed E-state index contributed by atoms with van der Waals surface area (Å²) in [5.41, 5.74) is 3.77. The van der Waals surface area contributed by atoms with E-state index in [9.17, 15) is 9.90 Å². The van der Waals surface area contributed by atoms with Crippen LogP contribution >= 0.6 is 0 Å². The van der Waals surface area contributed by atoms with Crippen molar-refractivity contribution in [3.8, 4) is 0 Å². The molecule has 35 heavy (non-hydrogen) atoms. The van der Waals surface area contributed by atoms with Gasteiger partial charge in [-0.3, -0.25) is 19.7 Å². The van der Waals surface area contributed by atoms with E-state index in [0.717, 1.165) is 56.6 Å². The number of pyridine rings is 2.